The van der Waals surface area contributed by atoms with Crippen LogP contribution in [-0.2, 0) is 6.54 Å². The van der Waals surface area contributed by atoms with E-state index in [0.29, 0.717) is 11.0 Å². The van der Waals surface area contributed by atoms with Crippen molar-refractivity contribution in [2.24, 2.45) is 0 Å². The number of amides is 1. The quantitative estimate of drug-likeness (QED) is 0.692. The number of nitrogens with zero attached hydrogens (tertiary/aromatic N) is 1. The maximum atomic E-state index is 11.9. The number of furan rings is 1. The van der Waals surface area contributed by atoms with Crippen LogP contribution in [-0.4, -0.2) is 10.8 Å². The van der Waals surface area contributed by atoms with Gasteiger partial charge in [0.1, 0.15) is 0 Å². The van der Waals surface area contributed by atoms with Crippen molar-refractivity contribution in [3.05, 3.63) is 62.5 Å². The molecule has 0 aliphatic rings. The van der Waals surface area contributed by atoms with Crippen molar-refractivity contribution >= 4 is 27.5 Å². The van der Waals surface area contributed by atoms with Gasteiger partial charge in [0, 0.05) is 28.7 Å². The van der Waals surface area contributed by atoms with Crippen LogP contribution in [0.1, 0.15) is 15.9 Å². The van der Waals surface area contributed by atoms with Crippen molar-refractivity contribution in [1.29, 1.82) is 0 Å². The van der Waals surface area contributed by atoms with Crippen molar-refractivity contribution in [1.82, 2.24) is 5.32 Å². The third kappa shape index (κ3) is 3.19. The zero-order valence-corrected chi connectivity index (χ0v) is 11.2. The fraction of sp³-hybridized carbons (Fsp3) is 0.0833. The molecule has 7 heteroatoms. The summed E-state index contributed by atoms with van der Waals surface area (Å²) in [6, 6.07) is 5.76. The maximum Gasteiger partial charge on any atom is 0.270 e. The summed E-state index contributed by atoms with van der Waals surface area (Å²) < 4.78 is 5.38. The van der Waals surface area contributed by atoms with Gasteiger partial charge in [-0.15, -0.1) is 0 Å². The van der Waals surface area contributed by atoms with Crippen LogP contribution >= 0.6 is 15.9 Å². The minimum absolute atomic E-state index is 0.128. The van der Waals surface area contributed by atoms with Gasteiger partial charge in [0.25, 0.3) is 11.6 Å². The molecule has 0 fully saturated rings. The molecule has 0 atom stereocenters. The number of rotatable bonds is 4. The van der Waals surface area contributed by atoms with Gasteiger partial charge in [-0.1, -0.05) is 0 Å². The number of nitro groups is 1. The summed E-state index contributed by atoms with van der Waals surface area (Å²) in [5, 5.41) is 13.3. The summed E-state index contributed by atoms with van der Waals surface area (Å²) >= 11 is 3.20. The van der Waals surface area contributed by atoms with Crippen LogP contribution in [0.2, 0.25) is 0 Å². The third-order valence-corrected chi connectivity index (χ3v) is 3.13. The number of hydrogen-bond donors (Lipinski definition) is 1. The summed E-state index contributed by atoms with van der Waals surface area (Å²) in [6.45, 7) is 0.296. The van der Waals surface area contributed by atoms with Gasteiger partial charge in [-0.05, 0) is 28.1 Å². The van der Waals surface area contributed by atoms with Crippen LogP contribution in [0.25, 0.3) is 0 Å². The molecule has 0 spiro atoms. The second-order valence-corrected chi connectivity index (χ2v) is 4.59. The highest BCUT2D eigenvalue weighted by molar-refractivity contribution is 9.10. The van der Waals surface area contributed by atoms with Crippen LogP contribution in [0.3, 0.4) is 0 Å². The Morgan fingerprint density at radius 1 is 1.42 bits per heavy atom. The topological polar surface area (TPSA) is 85.4 Å². The van der Waals surface area contributed by atoms with Gasteiger partial charge < -0.3 is 9.73 Å². The van der Waals surface area contributed by atoms with Crippen molar-refractivity contribution < 1.29 is 14.1 Å². The van der Waals surface area contributed by atoms with E-state index < -0.39 is 10.8 Å². The van der Waals surface area contributed by atoms with Gasteiger partial charge in [-0.2, -0.15) is 0 Å². The summed E-state index contributed by atoms with van der Waals surface area (Å²) in [6.07, 6.45) is 3.02. The molecule has 0 saturated heterocycles. The maximum absolute atomic E-state index is 11.9. The molecular weight excluding hydrogens is 316 g/mol. The highest BCUT2D eigenvalue weighted by Crippen LogP contribution is 2.22. The first-order valence-corrected chi connectivity index (χ1v) is 6.10. The van der Waals surface area contributed by atoms with E-state index in [4.69, 9.17) is 4.42 Å². The first-order valence-electron chi connectivity index (χ1n) is 5.31. The number of carbonyl (C=O) groups is 1. The highest BCUT2D eigenvalue weighted by atomic mass is 79.9. The van der Waals surface area contributed by atoms with E-state index in [1.807, 2.05) is 0 Å². The van der Waals surface area contributed by atoms with Crippen LogP contribution in [0.4, 0.5) is 5.69 Å². The predicted molar refractivity (Wildman–Crippen MR) is 70.7 cm³/mol. The molecule has 0 unspecified atom stereocenters. The van der Waals surface area contributed by atoms with Crippen molar-refractivity contribution in [2.75, 3.05) is 0 Å². The van der Waals surface area contributed by atoms with Crippen LogP contribution in [0, 0.1) is 10.1 Å². The Bertz CT molecular complexity index is 610. The largest absolute Gasteiger partial charge is 0.472 e. The first kappa shape index (κ1) is 13.3. The Kier molecular flexibility index (Phi) is 3.96. The van der Waals surface area contributed by atoms with Crippen molar-refractivity contribution in [3.8, 4) is 0 Å². The Labute approximate surface area is 116 Å². The molecule has 6 nitrogen and oxygen atoms in total. The average Bonchev–Trinajstić information content (AvgIpc) is 2.89. The fourth-order valence-electron chi connectivity index (χ4n) is 1.47. The lowest BCUT2D eigenvalue weighted by Gasteiger charge is -2.05. The lowest BCUT2D eigenvalue weighted by molar-refractivity contribution is -0.384. The van der Waals surface area contributed by atoms with Crippen LogP contribution in [0.15, 0.2) is 45.7 Å². The van der Waals surface area contributed by atoms with Crippen LogP contribution < -0.4 is 5.32 Å². The normalized spacial score (nSPS) is 10.2. The second-order valence-electron chi connectivity index (χ2n) is 3.74. The van der Waals surface area contributed by atoms with E-state index in [1.165, 1.54) is 30.7 Å². The van der Waals surface area contributed by atoms with E-state index in [2.05, 4.69) is 21.2 Å². The van der Waals surface area contributed by atoms with Gasteiger partial charge in [0.15, 0.2) is 0 Å². The van der Waals surface area contributed by atoms with Gasteiger partial charge in [0.2, 0.25) is 0 Å². The van der Waals surface area contributed by atoms with Crippen LogP contribution in [0.5, 0.6) is 0 Å². The molecule has 0 aliphatic heterocycles. The molecule has 19 heavy (non-hydrogen) atoms. The monoisotopic (exact) mass is 324 g/mol. The number of nitro benzene ring substituents is 1. The third-order valence-electron chi connectivity index (χ3n) is 2.44. The Hall–Kier alpha value is -2.15. The number of non-ortho nitro benzene ring substituents is 1. The Morgan fingerprint density at radius 3 is 2.84 bits per heavy atom. The smallest absolute Gasteiger partial charge is 0.270 e. The lowest BCUT2D eigenvalue weighted by Crippen LogP contribution is -2.23. The molecule has 2 rings (SSSR count). The molecule has 98 valence electrons. The lowest BCUT2D eigenvalue weighted by atomic mass is 10.2. The van der Waals surface area contributed by atoms with Crippen molar-refractivity contribution in [2.45, 2.75) is 6.54 Å². The van der Waals surface area contributed by atoms with E-state index in [1.54, 1.807) is 6.07 Å². The highest BCUT2D eigenvalue weighted by Gasteiger charge is 2.15. The fourth-order valence-corrected chi connectivity index (χ4v) is 1.90. The summed E-state index contributed by atoms with van der Waals surface area (Å²) in [5.41, 5.74) is 0.907. The summed E-state index contributed by atoms with van der Waals surface area (Å²) in [4.78, 5) is 22.1. The van der Waals surface area contributed by atoms with Gasteiger partial charge in [0.05, 0.1) is 23.0 Å². The number of carbonyl (C=O) groups excluding carboxylic acids is 1. The molecule has 0 saturated carbocycles. The Balaban J connectivity index is 2.14. The van der Waals surface area contributed by atoms with E-state index in [0.717, 1.165) is 5.56 Å². The summed E-state index contributed by atoms with van der Waals surface area (Å²) in [5.74, 6) is -0.392. The average molecular weight is 325 g/mol. The molecule has 1 N–H and O–H groups in total. The predicted octanol–water partition coefficient (Wildman–Crippen LogP) is 2.88. The molecule has 1 aromatic heterocycles. The zero-order valence-electron chi connectivity index (χ0n) is 9.63. The van der Waals surface area contributed by atoms with Gasteiger partial charge >= 0.3 is 0 Å². The molecular formula is C12H9BrN2O4. The molecule has 2 aromatic rings. The van der Waals surface area contributed by atoms with Crippen molar-refractivity contribution in [3.63, 3.8) is 0 Å². The van der Waals surface area contributed by atoms with E-state index >= 15 is 0 Å². The number of halogens is 1. The second kappa shape index (κ2) is 5.66. The zero-order chi connectivity index (χ0) is 13.8. The number of hydrogen-bond acceptors (Lipinski definition) is 4. The summed E-state index contributed by atoms with van der Waals surface area (Å²) in [7, 11) is 0. The first-order chi connectivity index (χ1) is 9.08. The van der Waals surface area contributed by atoms with Gasteiger partial charge in [-0.25, -0.2) is 0 Å². The molecule has 1 heterocycles. The molecule has 0 aliphatic carbocycles. The molecule has 1 amide bonds. The standard InChI is InChI=1S/C12H9BrN2O4/c13-11-2-1-9(15(17)18)5-10(11)12(16)14-6-8-3-4-19-7-8/h1-5,7H,6H2,(H,14,16). The van der Waals surface area contributed by atoms with E-state index in [-0.39, 0.29) is 11.3 Å². The SMILES string of the molecule is O=C(NCc1ccoc1)c1cc([N+](=O)[O-])ccc1Br. The van der Waals surface area contributed by atoms with Gasteiger partial charge in [-0.3, -0.25) is 14.9 Å². The number of nitrogens with one attached hydrogen (secondary N) is 1. The molecule has 0 bridgehead atoms. The number of benzene rings is 1. The minimum Gasteiger partial charge on any atom is -0.472 e. The molecule has 0 radical (unpaired) electrons. The Morgan fingerprint density at radius 2 is 2.21 bits per heavy atom. The minimum atomic E-state index is -0.542. The molecule has 1 aromatic carbocycles. The van der Waals surface area contributed by atoms with E-state index in [9.17, 15) is 14.9 Å².